The summed E-state index contributed by atoms with van der Waals surface area (Å²) in [6.07, 6.45) is 3.41. The Kier molecular flexibility index (Phi) is 6.10. The fourth-order valence-corrected chi connectivity index (χ4v) is 2.81. The van der Waals surface area contributed by atoms with E-state index < -0.39 is 17.6 Å². The standard InChI is InChI=1S/C17H24N4O3/c1-11(2)20-17(23)14(8-18)16(22)15-9-19-21(12(15)3)10-13-4-6-24-7-5-13/h9,11,13-14H,4-7,10H2,1-3H3,(H,20,23)/t14-/m0/s1. The molecular formula is C17H24N4O3. The number of carbonyl (C=O) groups is 2. The van der Waals surface area contributed by atoms with Crippen molar-refractivity contribution in [1.82, 2.24) is 15.1 Å². The van der Waals surface area contributed by atoms with Crippen LogP contribution in [0.1, 0.15) is 42.7 Å². The Labute approximate surface area is 142 Å². The number of carbonyl (C=O) groups excluding carboxylic acids is 2. The summed E-state index contributed by atoms with van der Waals surface area (Å²) < 4.78 is 7.14. The summed E-state index contributed by atoms with van der Waals surface area (Å²) in [5.74, 6) is -1.93. The van der Waals surface area contributed by atoms with Crippen LogP contribution in [0.25, 0.3) is 0 Å². The number of ketones is 1. The van der Waals surface area contributed by atoms with Gasteiger partial charge in [0.15, 0.2) is 11.7 Å². The minimum absolute atomic E-state index is 0.126. The number of hydrogen-bond acceptors (Lipinski definition) is 5. The molecule has 130 valence electrons. The number of Topliss-reactive ketones (excluding diaryl/α,β-unsaturated/α-hetero) is 1. The Morgan fingerprint density at radius 1 is 1.46 bits per heavy atom. The van der Waals surface area contributed by atoms with Crippen molar-refractivity contribution in [2.75, 3.05) is 13.2 Å². The molecule has 1 aromatic heterocycles. The van der Waals surface area contributed by atoms with E-state index in [9.17, 15) is 14.9 Å². The summed E-state index contributed by atoms with van der Waals surface area (Å²) in [5.41, 5.74) is 1.04. The van der Waals surface area contributed by atoms with Gasteiger partial charge in [-0.25, -0.2) is 0 Å². The maximum absolute atomic E-state index is 12.6. The van der Waals surface area contributed by atoms with Gasteiger partial charge in [0, 0.05) is 31.5 Å². The van der Waals surface area contributed by atoms with Crippen molar-refractivity contribution in [3.63, 3.8) is 0 Å². The van der Waals surface area contributed by atoms with E-state index in [0.717, 1.165) is 32.6 Å². The molecule has 7 nitrogen and oxygen atoms in total. The first-order chi connectivity index (χ1) is 11.4. The molecule has 1 atom stereocenters. The Bertz CT molecular complexity index is 639. The first-order valence-corrected chi connectivity index (χ1v) is 8.28. The summed E-state index contributed by atoms with van der Waals surface area (Å²) >= 11 is 0. The van der Waals surface area contributed by atoms with E-state index in [4.69, 9.17) is 4.74 Å². The number of nitriles is 1. The van der Waals surface area contributed by atoms with Crippen LogP contribution in [0.5, 0.6) is 0 Å². The fourth-order valence-electron chi connectivity index (χ4n) is 2.81. The molecular weight excluding hydrogens is 308 g/mol. The lowest BCUT2D eigenvalue weighted by Crippen LogP contribution is -2.38. The highest BCUT2D eigenvalue weighted by Gasteiger charge is 2.30. The number of nitrogens with one attached hydrogen (secondary N) is 1. The SMILES string of the molecule is Cc1c(C(=O)[C@H](C#N)C(=O)NC(C)C)cnn1CC1CCOCC1. The molecule has 1 N–H and O–H groups in total. The Morgan fingerprint density at radius 2 is 2.12 bits per heavy atom. The van der Waals surface area contributed by atoms with Gasteiger partial charge in [-0.3, -0.25) is 14.3 Å². The lowest BCUT2D eigenvalue weighted by atomic mass is 9.97. The zero-order valence-corrected chi connectivity index (χ0v) is 14.4. The van der Waals surface area contributed by atoms with E-state index in [-0.39, 0.29) is 6.04 Å². The van der Waals surface area contributed by atoms with Crippen LogP contribution in [0.2, 0.25) is 0 Å². The molecule has 0 saturated carbocycles. The normalized spacial score (nSPS) is 16.6. The van der Waals surface area contributed by atoms with Gasteiger partial charge >= 0.3 is 0 Å². The Morgan fingerprint density at radius 3 is 2.71 bits per heavy atom. The van der Waals surface area contributed by atoms with Crippen molar-refractivity contribution in [2.45, 2.75) is 46.2 Å². The van der Waals surface area contributed by atoms with Gasteiger partial charge in [-0.15, -0.1) is 0 Å². The molecule has 0 aliphatic carbocycles. The molecule has 1 aromatic rings. The number of amides is 1. The van der Waals surface area contributed by atoms with Crippen molar-refractivity contribution in [1.29, 1.82) is 5.26 Å². The number of hydrogen-bond donors (Lipinski definition) is 1. The monoisotopic (exact) mass is 332 g/mol. The average molecular weight is 332 g/mol. The molecule has 1 aliphatic heterocycles. The molecule has 1 saturated heterocycles. The summed E-state index contributed by atoms with van der Waals surface area (Å²) in [7, 11) is 0. The third kappa shape index (κ3) is 4.20. The zero-order chi connectivity index (χ0) is 17.7. The molecule has 0 bridgehead atoms. The molecule has 2 rings (SSSR count). The van der Waals surface area contributed by atoms with Gasteiger partial charge in [0.2, 0.25) is 5.91 Å². The Balaban J connectivity index is 2.12. The predicted octanol–water partition coefficient (Wildman–Crippen LogP) is 1.47. The third-order valence-corrected chi connectivity index (χ3v) is 4.23. The molecule has 1 amide bonds. The molecule has 0 aromatic carbocycles. The summed E-state index contributed by atoms with van der Waals surface area (Å²) in [6.45, 7) is 7.60. The number of rotatable bonds is 6. The molecule has 0 unspecified atom stereocenters. The topological polar surface area (TPSA) is 97.0 Å². The van der Waals surface area contributed by atoms with E-state index in [1.807, 2.05) is 6.07 Å². The van der Waals surface area contributed by atoms with E-state index in [1.54, 1.807) is 25.5 Å². The van der Waals surface area contributed by atoms with E-state index in [1.165, 1.54) is 6.20 Å². The zero-order valence-electron chi connectivity index (χ0n) is 14.4. The quantitative estimate of drug-likeness (QED) is 0.628. The first kappa shape index (κ1) is 18.1. The fraction of sp³-hybridized carbons (Fsp3) is 0.647. The van der Waals surface area contributed by atoms with Crippen LogP contribution in [0.3, 0.4) is 0 Å². The van der Waals surface area contributed by atoms with Crippen LogP contribution in [0.4, 0.5) is 0 Å². The Hall–Kier alpha value is -2.20. The van der Waals surface area contributed by atoms with Gasteiger partial charge in [0.1, 0.15) is 0 Å². The lowest BCUT2D eigenvalue weighted by Gasteiger charge is -2.22. The minimum atomic E-state index is -1.34. The van der Waals surface area contributed by atoms with E-state index in [0.29, 0.717) is 17.2 Å². The van der Waals surface area contributed by atoms with Crippen molar-refractivity contribution >= 4 is 11.7 Å². The maximum atomic E-state index is 12.6. The summed E-state index contributed by atoms with van der Waals surface area (Å²) in [6, 6.07) is 1.68. The van der Waals surface area contributed by atoms with Crippen LogP contribution in [-0.2, 0) is 16.1 Å². The molecule has 2 heterocycles. The molecule has 24 heavy (non-hydrogen) atoms. The predicted molar refractivity (Wildman–Crippen MR) is 87.2 cm³/mol. The lowest BCUT2D eigenvalue weighted by molar-refractivity contribution is -0.122. The second kappa shape index (κ2) is 8.06. The molecule has 0 spiro atoms. The number of aromatic nitrogens is 2. The molecule has 0 radical (unpaired) electrons. The smallest absolute Gasteiger partial charge is 0.245 e. The van der Waals surface area contributed by atoms with Gasteiger partial charge in [-0.1, -0.05) is 0 Å². The van der Waals surface area contributed by atoms with Crippen LogP contribution in [0.15, 0.2) is 6.20 Å². The molecule has 7 heteroatoms. The van der Waals surface area contributed by atoms with Gasteiger partial charge < -0.3 is 10.1 Å². The van der Waals surface area contributed by atoms with E-state index in [2.05, 4.69) is 10.4 Å². The largest absolute Gasteiger partial charge is 0.381 e. The van der Waals surface area contributed by atoms with Crippen LogP contribution < -0.4 is 5.32 Å². The van der Waals surface area contributed by atoms with Crippen molar-refractivity contribution in [3.05, 3.63) is 17.5 Å². The highest BCUT2D eigenvalue weighted by Crippen LogP contribution is 2.20. The highest BCUT2D eigenvalue weighted by molar-refractivity contribution is 6.12. The van der Waals surface area contributed by atoms with Gasteiger partial charge in [-0.2, -0.15) is 10.4 Å². The summed E-state index contributed by atoms with van der Waals surface area (Å²) in [5, 5.41) is 16.1. The summed E-state index contributed by atoms with van der Waals surface area (Å²) in [4.78, 5) is 24.6. The van der Waals surface area contributed by atoms with Crippen molar-refractivity contribution in [3.8, 4) is 6.07 Å². The second-order valence-electron chi connectivity index (χ2n) is 6.47. The van der Waals surface area contributed by atoms with Gasteiger partial charge in [0.25, 0.3) is 0 Å². The second-order valence-corrected chi connectivity index (χ2v) is 6.47. The highest BCUT2D eigenvalue weighted by atomic mass is 16.5. The average Bonchev–Trinajstić information content (AvgIpc) is 2.89. The van der Waals surface area contributed by atoms with Crippen molar-refractivity contribution in [2.24, 2.45) is 11.8 Å². The molecule has 1 aliphatic rings. The number of nitrogens with zero attached hydrogens (tertiary/aromatic N) is 3. The van der Waals surface area contributed by atoms with Gasteiger partial charge in [-0.05, 0) is 39.5 Å². The van der Waals surface area contributed by atoms with Crippen LogP contribution >= 0.6 is 0 Å². The third-order valence-electron chi connectivity index (χ3n) is 4.23. The van der Waals surface area contributed by atoms with Gasteiger partial charge in [0.05, 0.1) is 17.8 Å². The molecule has 1 fully saturated rings. The first-order valence-electron chi connectivity index (χ1n) is 8.28. The van der Waals surface area contributed by atoms with Crippen molar-refractivity contribution < 1.29 is 14.3 Å². The maximum Gasteiger partial charge on any atom is 0.245 e. The van der Waals surface area contributed by atoms with Crippen LogP contribution in [0, 0.1) is 30.1 Å². The minimum Gasteiger partial charge on any atom is -0.381 e. The van der Waals surface area contributed by atoms with E-state index >= 15 is 0 Å². The number of ether oxygens (including phenoxy) is 1. The van der Waals surface area contributed by atoms with Crippen LogP contribution in [-0.4, -0.2) is 40.7 Å².